The maximum absolute atomic E-state index is 14.6. The van der Waals surface area contributed by atoms with E-state index in [1.807, 2.05) is 0 Å². The molecule has 2 heterocycles. The molecule has 1 aromatic heterocycles. The lowest BCUT2D eigenvalue weighted by Gasteiger charge is -2.26. The Balaban J connectivity index is 1.79. The number of anilines is 1. The number of carbonyl (C=O) groups excluding carboxylic acids is 1. The molecule has 0 spiro atoms. The summed E-state index contributed by atoms with van der Waals surface area (Å²) in [5.41, 5.74) is 0.0672. The van der Waals surface area contributed by atoms with Crippen molar-refractivity contribution in [3.8, 4) is 0 Å². The third-order valence-corrected chi connectivity index (χ3v) is 5.84. The van der Waals surface area contributed by atoms with Gasteiger partial charge in [0.05, 0.1) is 17.3 Å². The Kier molecular flexibility index (Phi) is 6.90. The van der Waals surface area contributed by atoms with Crippen LogP contribution in [0, 0.1) is 11.8 Å². The smallest absolute Gasteiger partial charge is 0.275 e. The molecule has 1 aliphatic rings. The highest BCUT2D eigenvalue weighted by Gasteiger charge is 2.30. The van der Waals surface area contributed by atoms with Gasteiger partial charge in [-0.2, -0.15) is 9.37 Å². The summed E-state index contributed by atoms with van der Waals surface area (Å²) in [6.45, 7) is 2.08. The number of nitrogens with zero attached hydrogens (tertiary/aromatic N) is 3. The van der Waals surface area contributed by atoms with E-state index in [4.69, 9.17) is 11.6 Å². The van der Waals surface area contributed by atoms with Gasteiger partial charge in [0, 0.05) is 24.3 Å². The van der Waals surface area contributed by atoms with Crippen molar-refractivity contribution in [3.05, 3.63) is 63.9 Å². The minimum absolute atomic E-state index is 0.0139. The maximum Gasteiger partial charge on any atom is 0.275 e. The Hall–Kier alpha value is -2.59. The van der Waals surface area contributed by atoms with Gasteiger partial charge >= 0.3 is 0 Å². The summed E-state index contributed by atoms with van der Waals surface area (Å²) >= 11 is 6.12. The molecule has 31 heavy (non-hydrogen) atoms. The van der Waals surface area contributed by atoms with Crippen LogP contribution >= 0.6 is 11.6 Å². The minimum atomic E-state index is -3.35. The Bertz CT molecular complexity index is 1130. The lowest BCUT2D eigenvalue weighted by molar-refractivity contribution is 0.0936. The Morgan fingerprint density at radius 1 is 1.39 bits per heavy atom. The van der Waals surface area contributed by atoms with E-state index in [1.54, 1.807) is 17.0 Å². The molecule has 7 nitrogen and oxygen atoms in total. The van der Waals surface area contributed by atoms with Crippen molar-refractivity contribution in [2.45, 2.75) is 31.8 Å². The normalized spacial score (nSPS) is 17.8. The lowest BCUT2D eigenvalue weighted by Crippen LogP contribution is -2.33. The molecule has 1 aliphatic heterocycles. The van der Waals surface area contributed by atoms with E-state index in [9.17, 15) is 22.0 Å². The van der Waals surface area contributed by atoms with Crippen LogP contribution in [0.5, 0.6) is 0 Å². The monoisotopic (exact) mass is 470 g/mol. The number of nitrogens with one attached hydrogen (secondary N) is 1. The van der Waals surface area contributed by atoms with E-state index in [-0.39, 0.29) is 16.9 Å². The van der Waals surface area contributed by atoms with E-state index >= 15 is 0 Å². The maximum atomic E-state index is 14.6. The van der Waals surface area contributed by atoms with E-state index in [0.29, 0.717) is 18.5 Å². The van der Waals surface area contributed by atoms with Gasteiger partial charge in [0.2, 0.25) is 5.95 Å². The molecule has 1 aromatic carbocycles. The first kappa shape index (κ1) is 23.1. The van der Waals surface area contributed by atoms with Gasteiger partial charge < -0.3 is 10.2 Å². The predicted octanol–water partition coefficient (Wildman–Crippen LogP) is 3.43. The van der Waals surface area contributed by atoms with Crippen molar-refractivity contribution < 1.29 is 22.0 Å². The second kappa shape index (κ2) is 9.27. The zero-order chi connectivity index (χ0) is 22.8. The molecule has 0 saturated carbocycles. The molecule has 2 atom stereocenters. The molecule has 1 amide bonds. The molecule has 1 fully saturated rings. The van der Waals surface area contributed by atoms with Crippen LogP contribution in [0.2, 0.25) is 5.02 Å². The zero-order valence-corrected chi connectivity index (χ0v) is 18.4. The Morgan fingerprint density at radius 2 is 2.13 bits per heavy atom. The lowest BCUT2D eigenvalue weighted by atomic mass is 10.0. The molecule has 0 bridgehead atoms. The first-order chi connectivity index (χ1) is 14.6. The quantitative estimate of drug-likeness (QED) is 0.695. The SMILES string of the molecule is C[C@H](/C=C/S(C)(=O)=O)NC(=O)c1ncc(N2CCCC2c2cccc(F)c2Cl)nc1F. The van der Waals surface area contributed by atoms with Crippen LogP contribution in [0.15, 0.2) is 35.9 Å². The zero-order valence-electron chi connectivity index (χ0n) is 16.8. The Labute approximate surface area is 184 Å². The summed E-state index contributed by atoms with van der Waals surface area (Å²) in [7, 11) is -3.35. The van der Waals surface area contributed by atoms with E-state index in [0.717, 1.165) is 18.1 Å². The average Bonchev–Trinajstić information content (AvgIpc) is 3.17. The van der Waals surface area contributed by atoms with Gasteiger partial charge in [-0.25, -0.2) is 17.8 Å². The van der Waals surface area contributed by atoms with Crippen LogP contribution in [-0.2, 0) is 9.84 Å². The van der Waals surface area contributed by atoms with Crippen LogP contribution in [0.4, 0.5) is 14.6 Å². The number of halogens is 3. The molecule has 11 heteroatoms. The van der Waals surface area contributed by atoms with Crippen molar-refractivity contribution in [2.75, 3.05) is 17.7 Å². The molecule has 0 radical (unpaired) electrons. The molecule has 1 saturated heterocycles. The van der Waals surface area contributed by atoms with Gasteiger partial charge in [0.15, 0.2) is 21.3 Å². The highest BCUT2D eigenvalue weighted by atomic mass is 35.5. The molecule has 166 valence electrons. The summed E-state index contributed by atoms with van der Waals surface area (Å²) in [5, 5.41) is 3.41. The summed E-state index contributed by atoms with van der Waals surface area (Å²) in [4.78, 5) is 21.9. The van der Waals surface area contributed by atoms with E-state index < -0.39 is 39.2 Å². The van der Waals surface area contributed by atoms with E-state index in [2.05, 4.69) is 15.3 Å². The van der Waals surface area contributed by atoms with Crippen molar-refractivity contribution in [3.63, 3.8) is 0 Å². The van der Waals surface area contributed by atoms with Gasteiger partial charge in [-0.05, 0) is 31.4 Å². The third kappa shape index (κ3) is 5.56. The molecule has 1 unspecified atom stereocenters. The van der Waals surface area contributed by atoms with E-state index in [1.165, 1.54) is 25.3 Å². The number of rotatable bonds is 6. The number of benzene rings is 1. The van der Waals surface area contributed by atoms with Crippen molar-refractivity contribution in [2.24, 2.45) is 0 Å². The van der Waals surface area contributed by atoms with Crippen molar-refractivity contribution >= 4 is 33.2 Å². The largest absolute Gasteiger partial charge is 0.348 e. The second-order valence-electron chi connectivity index (χ2n) is 7.28. The summed E-state index contributed by atoms with van der Waals surface area (Å²) in [6.07, 6.45) is 5.02. The molecular formula is C20H21ClF2N4O3S. The first-order valence-corrected chi connectivity index (χ1v) is 11.8. The van der Waals surface area contributed by atoms with Crippen LogP contribution in [0.25, 0.3) is 0 Å². The highest BCUT2D eigenvalue weighted by molar-refractivity contribution is 7.93. The highest BCUT2D eigenvalue weighted by Crippen LogP contribution is 2.38. The fourth-order valence-electron chi connectivity index (χ4n) is 3.37. The van der Waals surface area contributed by atoms with Crippen LogP contribution in [0.1, 0.15) is 41.9 Å². The third-order valence-electron chi connectivity index (χ3n) is 4.79. The topological polar surface area (TPSA) is 92.3 Å². The number of hydrogen-bond donors (Lipinski definition) is 1. The molecular weight excluding hydrogens is 450 g/mol. The fourth-order valence-corrected chi connectivity index (χ4v) is 4.15. The van der Waals surface area contributed by atoms with Gasteiger partial charge in [0.1, 0.15) is 5.82 Å². The summed E-state index contributed by atoms with van der Waals surface area (Å²) < 4.78 is 50.8. The van der Waals surface area contributed by atoms with Crippen LogP contribution < -0.4 is 10.2 Å². The van der Waals surface area contributed by atoms with Gasteiger partial charge in [-0.15, -0.1) is 0 Å². The summed E-state index contributed by atoms with van der Waals surface area (Å²) in [5.74, 6) is -2.21. The fraction of sp³-hybridized carbons (Fsp3) is 0.350. The van der Waals surface area contributed by atoms with Crippen LogP contribution in [0.3, 0.4) is 0 Å². The predicted molar refractivity (Wildman–Crippen MR) is 114 cm³/mol. The number of hydrogen-bond acceptors (Lipinski definition) is 6. The van der Waals surface area contributed by atoms with Crippen molar-refractivity contribution in [1.29, 1.82) is 0 Å². The number of aromatic nitrogens is 2. The molecule has 3 rings (SSSR count). The molecule has 0 aliphatic carbocycles. The summed E-state index contributed by atoms with van der Waals surface area (Å²) in [6, 6.07) is 3.58. The molecule has 1 N–H and O–H groups in total. The standard InChI is InChI=1S/C20H21ClF2N4O3S/c1-12(8-10-31(2,29)30)25-20(28)18-19(23)26-16(11-24-18)27-9-4-7-15(27)13-5-3-6-14(22)17(13)21/h3,5-6,8,10-12,15H,4,7,9H2,1-2H3,(H,25,28)/b10-8+/t12-,15?/m1/s1. The van der Waals surface area contributed by atoms with Gasteiger partial charge in [-0.3, -0.25) is 4.79 Å². The van der Waals surface area contributed by atoms with Gasteiger partial charge in [0.25, 0.3) is 5.91 Å². The average molecular weight is 471 g/mol. The minimum Gasteiger partial charge on any atom is -0.348 e. The first-order valence-electron chi connectivity index (χ1n) is 9.49. The second-order valence-corrected chi connectivity index (χ2v) is 9.59. The van der Waals surface area contributed by atoms with Crippen molar-refractivity contribution in [1.82, 2.24) is 15.3 Å². The number of amides is 1. The van der Waals surface area contributed by atoms with Gasteiger partial charge in [-0.1, -0.05) is 29.8 Å². The number of sulfone groups is 1. The number of carbonyl (C=O) groups is 1. The Morgan fingerprint density at radius 3 is 2.81 bits per heavy atom. The molecule has 2 aromatic rings. The van der Waals surface area contributed by atoms with Crippen LogP contribution in [-0.4, -0.2) is 43.1 Å².